The SMILES string of the molecule is CC1CC(C)C[PH]2(CCCC2Br)C1. The van der Waals surface area contributed by atoms with Crippen LogP contribution in [0.4, 0.5) is 0 Å². The molecule has 0 aromatic rings. The number of rotatable bonds is 0. The van der Waals surface area contributed by atoms with E-state index in [1.54, 1.807) is 18.5 Å². The van der Waals surface area contributed by atoms with E-state index in [0.717, 1.165) is 16.4 Å². The molecule has 78 valence electrons. The van der Waals surface area contributed by atoms with Gasteiger partial charge in [-0.2, -0.15) is 0 Å². The summed E-state index contributed by atoms with van der Waals surface area (Å²) in [7, 11) is -0.832. The molecule has 0 N–H and O–H groups in total. The predicted octanol–water partition coefficient (Wildman–Crippen LogP) is 3.93. The van der Waals surface area contributed by atoms with Crippen molar-refractivity contribution in [2.45, 2.75) is 37.7 Å². The van der Waals surface area contributed by atoms with Gasteiger partial charge in [0.05, 0.1) is 0 Å². The molecule has 2 aliphatic rings. The molecule has 1 spiro atoms. The van der Waals surface area contributed by atoms with Crippen molar-refractivity contribution < 1.29 is 0 Å². The molecule has 2 heteroatoms. The van der Waals surface area contributed by atoms with E-state index in [4.69, 9.17) is 0 Å². The van der Waals surface area contributed by atoms with Crippen LogP contribution < -0.4 is 0 Å². The maximum atomic E-state index is 3.97. The average molecular weight is 265 g/mol. The molecular formula is C11H22BrP. The molecule has 3 atom stereocenters. The summed E-state index contributed by atoms with van der Waals surface area (Å²) >= 11 is 3.97. The van der Waals surface area contributed by atoms with Gasteiger partial charge in [0.15, 0.2) is 0 Å². The average Bonchev–Trinajstić information content (AvgIpc) is 2.30. The summed E-state index contributed by atoms with van der Waals surface area (Å²) in [5.74, 6) is 2.04. The Morgan fingerprint density at radius 2 is 1.77 bits per heavy atom. The Hall–Kier alpha value is 0.910. The number of hydrogen-bond acceptors (Lipinski definition) is 0. The van der Waals surface area contributed by atoms with Gasteiger partial charge >= 0.3 is 91.2 Å². The van der Waals surface area contributed by atoms with Gasteiger partial charge in [0.1, 0.15) is 0 Å². The first kappa shape index (κ1) is 10.4. The van der Waals surface area contributed by atoms with Gasteiger partial charge in [-0.1, -0.05) is 0 Å². The maximum absolute atomic E-state index is 3.97. The third-order valence-corrected chi connectivity index (χ3v) is 13.5. The van der Waals surface area contributed by atoms with Crippen LogP contribution in [-0.4, -0.2) is 23.1 Å². The molecule has 2 aliphatic heterocycles. The van der Waals surface area contributed by atoms with Gasteiger partial charge in [-0.3, -0.25) is 0 Å². The van der Waals surface area contributed by atoms with Crippen molar-refractivity contribution in [3.63, 3.8) is 0 Å². The normalized spacial score (nSPS) is 46.5. The third-order valence-electron chi connectivity index (χ3n) is 4.11. The predicted molar refractivity (Wildman–Crippen MR) is 67.8 cm³/mol. The molecule has 3 unspecified atom stereocenters. The molecule has 2 saturated heterocycles. The first-order chi connectivity index (χ1) is 6.12. The van der Waals surface area contributed by atoms with Crippen molar-refractivity contribution in [3.8, 4) is 0 Å². The fourth-order valence-corrected chi connectivity index (χ4v) is 12.2. The Bertz CT molecular complexity index is 183. The van der Waals surface area contributed by atoms with Crippen LogP contribution in [0, 0.1) is 11.8 Å². The van der Waals surface area contributed by atoms with E-state index in [1.807, 2.05) is 0 Å². The Morgan fingerprint density at radius 3 is 2.23 bits per heavy atom. The van der Waals surface area contributed by atoms with E-state index in [2.05, 4.69) is 29.8 Å². The van der Waals surface area contributed by atoms with E-state index in [-0.39, 0.29) is 0 Å². The monoisotopic (exact) mass is 264 g/mol. The Kier molecular flexibility index (Phi) is 3.06. The second kappa shape index (κ2) is 3.81. The van der Waals surface area contributed by atoms with E-state index in [1.165, 1.54) is 19.3 Å². The first-order valence-corrected chi connectivity index (χ1v) is 9.38. The number of hydrogen-bond donors (Lipinski definition) is 0. The molecule has 2 rings (SSSR count). The number of halogens is 1. The Labute approximate surface area is 91.3 Å². The third kappa shape index (κ3) is 1.97. The summed E-state index contributed by atoms with van der Waals surface area (Å²) in [4.78, 5) is 0. The van der Waals surface area contributed by atoms with Crippen LogP contribution in [0.2, 0.25) is 0 Å². The molecule has 0 radical (unpaired) electrons. The van der Waals surface area contributed by atoms with Crippen LogP contribution in [-0.2, 0) is 0 Å². The van der Waals surface area contributed by atoms with Gasteiger partial charge in [0.2, 0.25) is 0 Å². The summed E-state index contributed by atoms with van der Waals surface area (Å²) in [6.45, 7) is 4.95. The minimum atomic E-state index is -0.832. The standard InChI is InChI=1S/C11H22BrP/c1-9-6-10(2)8-13(7-9)5-3-4-11(13)12/h9-11,13H,3-8H2,1-2H3. The molecule has 13 heavy (non-hydrogen) atoms. The van der Waals surface area contributed by atoms with Gasteiger partial charge in [0.25, 0.3) is 0 Å². The van der Waals surface area contributed by atoms with E-state index in [0.29, 0.717) is 0 Å². The van der Waals surface area contributed by atoms with Crippen LogP contribution in [0.1, 0.15) is 33.1 Å². The van der Waals surface area contributed by atoms with Gasteiger partial charge in [-0.25, -0.2) is 0 Å². The van der Waals surface area contributed by atoms with E-state index < -0.39 is 7.26 Å². The summed E-state index contributed by atoms with van der Waals surface area (Å²) < 4.78 is 0.963. The molecule has 0 saturated carbocycles. The molecule has 0 amide bonds. The van der Waals surface area contributed by atoms with Crippen LogP contribution >= 0.6 is 23.2 Å². The molecule has 2 fully saturated rings. The second-order valence-corrected chi connectivity index (χ2v) is 12.3. The summed E-state index contributed by atoms with van der Waals surface area (Å²) in [6.07, 6.45) is 9.35. The van der Waals surface area contributed by atoms with Crippen LogP contribution in [0.25, 0.3) is 0 Å². The van der Waals surface area contributed by atoms with Crippen molar-refractivity contribution in [3.05, 3.63) is 0 Å². The van der Waals surface area contributed by atoms with Crippen molar-refractivity contribution in [2.75, 3.05) is 18.5 Å². The summed E-state index contributed by atoms with van der Waals surface area (Å²) in [6, 6.07) is 0. The van der Waals surface area contributed by atoms with E-state index in [9.17, 15) is 0 Å². The zero-order chi connectivity index (χ0) is 9.47. The molecule has 0 bridgehead atoms. The molecule has 0 nitrogen and oxygen atoms in total. The zero-order valence-electron chi connectivity index (χ0n) is 8.85. The quantitative estimate of drug-likeness (QED) is 0.460. The topological polar surface area (TPSA) is 0 Å². The second-order valence-electron chi connectivity index (χ2n) is 5.58. The van der Waals surface area contributed by atoms with Crippen LogP contribution in [0.15, 0.2) is 0 Å². The Morgan fingerprint density at radius 1 is 1.15 bits per heavy atom. The fraction of sp³-hybridized carbons (Fsp3) is 1.00. The van der Waals surface area contributed by atoms with Crippen molar-refractivity contribution in [2.24, 2.45) is 11.8 Å². The van der Waals surface area contributed by atoms with Gasteiger partial charge < -0.3 is 0 Å². The summed E-state index contributed by atoms with van der Waals surface area (Å²) in [5.41, 5.74) is 0. The molecular weight excluding hydrogens is 243 g/mol. The van der Waals surface area contributed by atoms with Gasteiger partial charge in [-0.05, 0) is 0 Å². The zero-order valence-corrected chi connectivity index (χ0v) is 11.4. The molecule has 0 aromatic heterocycles. The van der Waals surface area contributed by atoms with Gasteiger partial charge in [-0.15, -0.1) is 0 Å². The van der Waals surface area contributed by atoms with Crippen LogP contribution in [0.5, 0.6) is 0 Å². The molecule has 0 aromatic carbocycles. The Balaban J connectivity index is 2.12. The molecule has 0 aliphatic carbocycles. The van der Waals surface area contributed by atoms with Crippen LogP contribution in [0.3, 0.4) is 0 Å². The van der Waals surface area contributed by atoms with Crippen molar-refractivity contribution >= 4 is 23.2 Å². The van der Waals surface area contributed by atoms with Gasteiger partial charge in [0, 0.05) is 0 Å². The van der Waals surface area contributed by atoms with E-state index >= 15 is 0 Å². The fourth-order valence-electron chi connectivity index (χ4n) is 3.88. The number of alkyl halides is 1. The van der Waals surface area contributed by atoms with Crippen molar-refractivity contribution in [1.29, 1.82) is 0 Å². The van der Waals surface area contributed by atoms with Crippen molar-refractivity contribution in [1.82, 2.24) is 0 Å². The first-order valence-electron chi connectivity index (χ1n) is 5.76. The summed E-state index contributed by atoms with van der Waals surface area (Å²) in [5, 5.41) is 0. The minimum absolute atomic E-state index is 0.832. The molecule has 2 heterocycles.